The third-order valence-electron chi connectivity index (χ3n) is 4.86. The van der Waals surface area contributed by atoms with Crippen LogP contribution in [0, 0.1) is 0 Å². The number of nitrogens with one attached hydrogen (secondary N) is 1. The first-order valence-corrected chi connectivity index (χ1v) is 9.99. The molecule has 0 radical (unpaired) electrons. The van der Waals surface area contributed by atoms with Gasteiger partial charge >= 0.3 is 12.1 Å². The van der Waals surface area contributed by atoms with Gasteiger partial charge in [-0.1, -0.05) is 48.5 Å². The van der Waals surface area contributed by atoms with Crippen LogP contribution < -0.4 is 10.7 Å². The Hall–Kier alpha value is -4.40. The monoisotopic (exact) mass is 467 g/mol. The van der Waals surface area contributed by atoms with Gasteiger partial charge in [-0.2, -0.15) is 13.2 Å². The molecule has 1 amide bonds. The summed E-state index contributed by atoms with van der Waals surface area (Å²) in [6.45, 7) is 0. The van der Waals surface area contributed by atoms with Crippen molar-refractivity contribution in [3.63, 3.8) is 0 Å². The molecule has 0 unspecified atom stereocenters. The molecule has 0 saturated carbocycles. The van der Waals surface area contributed by atoms with Gasteiger partial charge in [0.15, 0.2) is 5.43 Å². The van der Waals surface area contributed by atoms with Crippen LogP contribution in [0.1, 0.15) is 27.8 Å². The van der Waals surface area contributed by atoms with Gasteiger partial charge in [-0.15, -0.1) is 0 Å². The van der Waals surface area contributed by atoms with Crippen molar-refractivity contribution in [2.24, 2.45) is 0 Å². The van der Waals surface area contributed by atoms with Gasteiger partial charge in [-0.3, -0.25) is 9.59 Å². The van der Waals surface area contributed by atoms with E-state index in [1.807, 2.05) is 0 Å². The van der Waals surface area contributed by atoms with E-state index in [2.05, 4.69) is 5.32 Å². The van der Waals surface area contributed by atoms with Crippen LogP contribution in [-0.4, -0.2) is 11.9 Å². The second-order valence-electron chi connectivity index (χ2n) is 7.23. The van der Waals surface area contributed by atoms with Crippen LogP contribution in [0.15, 0.2) is 94.1 Å². The van der Waals surface area contributed by atoms with Crippen molar-refractivity contribution < 1.29 is 31.9 Å². The second kappa shape index (κ2) is 9.22. The van der Waals surface area contributed by atoms with Gasteiger partial charge in [0.25, 0.3) is 5.91 Å². The Morgan fingerprint density at radius 2 is 1.59 bits per heavy atom. The SMILES string of the molecule is O=C(O[C@@H](C(=O)Nc1cccc(C(F)(F)F)c1)c1ccccc1)c1cc(=O)c2ccccc2o1. The van der Waals surface area contributed by atoms with Crippen LogP contribution in [0.4, 0.5) is 18.9 Å². The van der Waals surface area contributed by atoms with Crippen LogP contribution in [-0.2, 0) is 15.7 Å². The summed E-state index contributed by atoms with van der Waals surface area (Å²) in [6, 6.07) is 19.2. The van der Waals surface area contributed by atoms with Gasteiger partial charge in [0.2, 0.25) is 11.9 Å². The molecule has 172 valence electrons. The number of anilines is 1. The van der Waals surface area contributed by atoms with Gasteiger partial charge < -0.3 is 14.5 Å². The van der Waals surface area contributed by atoms with Gasteiger partial charge in [-0.05, 0) is 30.3 Å². The maximum atomic E-state index is 13.0. The summed E-state index contributed by atoms with van der Waals surface area (Å²) in [6.07, 6.45) is -6.13. The fourth-order valence-corrected chi connectivity index (χ4v) is 3.25. The predicted molar refractivity (Wildman–Crippen MR) is 117 cm³/mol. The number of hydrogen-bond acceptors (Lipinski definition) is 5. The maximum absolute atomic E-state index is 13.0. The Morgan fingerprint density at radius 1 is 0.882 bits per heavy atom. The summed E-state index contributed by atoms with van der Waals surface area (Å²) < 4.78 is 49.9. The first-order chi connectivity index (χ1) is 16.2. The van der Waals surface area contributed by atoms with Gasteiger partial charge in [0.05, 0.1) is 10.9 Å². The number of benzene rings is 3. The molecule has 0 fully saturated rings. The zero-order valence-electron chi connectivity index (χ0n) is 17.3. The smallest absolute Gasteiger partial charge is 0.416 e. The van der Waals surface area contributed by atoms with Gasteiger partial charge in [0.1, 0.15) is 5.58 Å². The molecule has 1 atom stereocenters. The Labute approximate surface area is 190 Å². The van der Waals surface area contributed by atoms with Gasteiger partial charge in [-0.25, -0.2) is 4.79 Å². The lowest BCUT2D eigenvalue weighted by Gasteiger charge is -2.18. The van der Waals surface area contributed by atoms with Crippen LogP contribution in [0.5, 0.6) is 0 Å². The molecule has 3 aromatic carbocycles. The molecule has 0 aliphatic heterocycles. The Morgan fingerprint density at radius 3 is 2.32 bits per heavy atom. The number of ether oxygens (including phenoxy) is 1. The molecule has 0 aliphatic rings. The highest BCUT2D eigenvalue weighted by molar-refractivity contribution is 5.98. The molecule has 1 heterocycles. The van der Waals surface area contributed by atoms with Gasteiger partial charge in [0, 0.05) is 17.3 Å². The zero-order valence-corrected chi connectivity index (χ0v) is 17.3. The zero-order chi connectivity index (χ0) is 24.3. The fourth-order valence-electron chi connectivity index (χ4n) is 3.25. The lowest BCUT2D eigenvalue weighted by molar-refractivity contribution is -0.137. The van der Waals surface area contributed by atoms with E-state index in [0.29, 0.717) is 0 Å². The summed E-state index contributed by atoms with van der Waals surface area (Å²) in [5.74, 6) is -2.39. The van der Waals surface area contributed by atoms with Crippen LogP contribution in [0.25, 0.3) is 11.0 Å². The normalized spacial score (nSPS) is 12.2. The maximum Gasteiger partial charge on any atom is 0.416 e. The van der Waals surface area contributed by atoms with E-state index in [9.17, 15) is 27.6 Å². The van der Waals surface area contributed by atoms with E-state index in [1.165, 1.54) is 30.3 Å². The number of para-hydroxylation sites is 1. The number of carbonyl (C=O) groups excluding carboxylic acids is 2. The topological polar surface area (TPSA) is 85.6 Å². The molecular formula is C25H16F3NO5. The number of rotatable bonds is 5. The molecule has 1 aromatic heterocycles. The standard InChI is InChI=1S/C25H16F3NO5/c26-25(27,28)16-9-6-10-17(13-16)29-23(31)22(15-7-2-1-3-8-15)34-24(32)21-14-19(30)18-11-4-5-12-20(18)33-21/h1-14,22H,(H,29,31)/t22-/m1/s1. The van der Waals surface area contributed by atoms with Crippen LogP contribution >= 0.6 is 0 Å². The quantitative estimate of drug-likeness (QED) is 0.400. The molecule has 0 aliphatic carbocycles. The molecule has 0 spiro atoms. The largest absolute Gasteiger partial charge is 0.449 e. The molecular weight excluding hydrogens is 451 g/mol. The van der Waals surface area contributed by atoms with Crippen molar-refractivity contribution in [1.82, 2.24) is 0 Å². The molecule has 0 bridgehead atoms. The highest BCUT2D eigenvalue weighted by Crippen LogP contribution is 2.31. The van der Waals surface area contributed by atoms with Crippen LogP contribution in [0.2, 0.25) is 0 Å². The average molecular weight is 467 g/mol. The molecule has 4 aromatic rings. The Bertz CT molecular complexity index is 1410. The molecule has 0 saturated heterocycles. The predicted octanol–water partition coefficient (Wildman–Crippen LogP) is 5.35. The Balaban J connectivity index is 1.63. The number of esters is 1. The summed E-state index contributed by atoms with van der Waals surface area (Å²) in [7, 11) is 0. The van der Waals surface area contributed by atoms with Crippen molar-refractivity contribution in [2.45, 2.75) is 12.3 Å². The number of alkyl halides is 3. The highest BCUT2D eigenvalue weighted by atomic mass is 19.4. The minimum absolute atomic E-state index is 0.131. The number of amides is 1. The molecule has 34 heavy (non-hydrogen) atoms. The van der Waals surface area contributed by atoms with Crippen molar-refractivity contribution in [3.05, 3.63) is 112 Å². The fraction of sp³-hybridized carbons (Fsp3) is 0.0800. The molecule has 1 N–H and O–H groups in total. The van der Waals surface area contributed by atoms with Crippen molar-refractivity contribution in [1.29, 1.82) is 0 Å². The minimum Gasteiger partial charge on any atom is -0.449 e. The molecule has 6 nitrogen and oxygen atoms in total. The van der Waals surface area contributed by atoms with Crippen LogP contribution in [0.3, 0.4) is 0 Å². The second-order valence-corrected chi connectivity index (χ2v) is 7.23. The average Bonchev–Trinajstić information content (AvgIpc) is 2.82. The summed E-state index contributed by atoms with van der Waals surface area (Å²) in [4.78, 5) is 38.1. The van der Waals surface area contributed by atoms with Crippen molar-refractivity contribution >= 4 is 28.5 Å². The Kier molecular flexibility index (Phi) is 6.18. The summed E-state index contributed by atoms with van der Waals surface area (Å²) >= 11 is 0. The molecule has 4 rings (SSSR count). The molecule has 9 heteroatoms. The first-order valence-electron chi connectivity index (χ1n) is 9.99. The van der Waals surface area contributed by atoms with Crippen molar-refractivity contribution in [2.75, 3.05) is 5.32 Å². The van der Waals surface area contributed by atoms with E-state index in [4.69, 9.17) is 9.15 Å². The lowest BCUT2D eigenvalue weighted by Crippen LogP contribution is -2.26. The number of halogens is 3. The summed E-state index contributed by atoms with van der Waals surface area (Å²) in [5, 5.41) is 2.61. The van der Waals surface area contributed by atoms with Crippen molar-refractivity contribution in [3.8, 4) is 0 Å². The summed E-state index contributed by atoms with van der Waals surface area (Å²) in [5.41, 5.74) is -1.13. The lowest BCUT2D eigenvalue weighted by atomic mass is 10.1. The third-order valence-corrected chi connectivity index (χ3v) is 4.86. The van der Waals surface area contributed by atoms with E-state index in [0.717, 1.165) is 24.3 Å². The number of fused-ring (bicyclic) bond motifs is 1. The first kappa shape index (κ1) is 22.8. The van der Waals surface area contributed by atoms with E-state index in [-0.39, 0.29) is 22.2 Å². The number of carbonyl (C=O) groups is 2. The number of hydrogen-bond donors (Lipinski definition) is 1. The third kappa shape index (κ3) is 4.98. The van der Waals surface area contributed by atoms with E-state index >= 15 is 0 Å². The van der Waals surface area contributed by atoms with E-state index in [1.54, 1.807) is 30.3 Å². The highest BCUT2D eigenvalue weighted by Gasteiger charge is 2.31. The van der Waals surface area contributed by atoms with E-state index < -0.39 is 40.9 Å². The minimum atomic E-state index is -4.60.